The number of alkyl halides is 1. The van der Waals surface area contributed by atoms with E-state index in [9.17, 15) is 0 Å². The van der Waals surface area contributed by atoms with Crippen LogP contribution in [-0.2, 0) is 0 Å². The molecule has 0 fully saturated rings. The van der Waals surface area contributed by atoms with Crippen LogP contribution in [0.3, 0.4) is 0 Å². The van der Waals surface area contributed by atoms with Crippen molar-refractivity contribution in [3.8, 4) is 0 Å². The average Bonchev–Trinajstić information content (AvgIpc) is 2.57. The first-order chi connectivity index (χ1) is 6.40. The van der Waals surface area contributed by atoms with Crippen molar-refractivity contribution >= 4 is 17.4 Å². The lowest BCUT2D eigenvalue weighted by Gasteiger charge is -2.17. The van der Waals surface area contributed by atoms with E-state index in [-0.39, 0.29) is 0 Å². The Morgan fingerprint density at radius 3 is 3.15 bits per heavy atom. The van der Waals surface area contributed by atoms with Gasteiger partial charge in [0.2, 0.25) is 0 Å². The van der Waals surface area contributed by atoms with Crippen LogP contribution in [0.15, 0.2) is 29.5 Å². The maximum absolute atomic E-state index is 5.62. The number of hydrogen-bond acceptors (Lipinski definition) is 3. The first-order valence-corrected chi connectivity index (χ1v) is 4.94. The van der Waals surface area contributed by atoms with Gasteiger partial charge in [-0.3, -0.25) is 5.01 Å². The molecule has 0 atom stereocenters. The molecule has 2 rings (SSSR count). The van der Waals surface area contributed by atoms with Crippen LogP contribution < -0.4 is 0 Å². The lowest BCUT2D eigenvalue weighted by molar-refractivity contribution is 0.263. The molecule has 0 aromatic rings. The highest BCUT2D eigenvalue weighted by Gasteiger charge is 2.19. The Labute approximate surface area is 83.0 Å². The fourth-order valence-electron chi connectivity index (χ4n) is 1.39. The number of fused-ring (bicyclic) bond motifs is 1. The fraction of sp³-hybridized carbons (Fsp3) is 0.444. The van der Waals surface area contributed by atoms with E-state index < -0.39 is 0 Å². The highest BCUT2D eigenvalue weighted by Crippen LogP contribution is 2.12. The second-order valence-electron chi connectivity index (χ2n) is 3.04. The molecule has 0 unspecified atom stereocenters. The number of amidine groups is 1. The Bertz CT molecular complexity index is 270. The van der Waals surface area contributed by atoms with Crippen molar-refractivity contribution in [1.29, 1.82) is 0 Å². The van der Waals surface area contributed by atoms with Crippen molar-refractivity contribution in [3.63, 3.8) is 0 Å². The quantitative estimate of drug-likeness (QED) is 0.640. The van der Waals surface area contributed by atoms with Crippen molar-refractivity contribution in [3.05, 3.63) is 24.4 Å². The minimum Gasteiger partial charge on any atom is -0.312 e. The molecule has 4 heteroatoms. The molecule has 0 aliphatic carbocycles. The monoisotopic (exact) mass is 197 g/mol. The van der Waals surface area contributed by atoms with E-state index in [1.807, 2.05) is 29.4 Å². The second-order valence-corrected chi connectivity index (χ2v) is 3.42. The molecule has 0 saturated carbocycles. The summed E-state index contributed by atoms with van der Waals surface area (Å²) >= 11 is 5.62. The molecule has 2 heterocycles. The van der Waals surface area contributed by atoms with Gasteiger partial charge < -0.3 is 4.90 Å². The van der Waals surface area contributed by atoms with Gasteiger partial charge in [0.05, 0.1) is 0 Å². The summed E-state index contributed by atoms with van der Waals surface area (Å²) in [6.07, 6.45) is 9.06. The summed E-state index contributed by atoms with van der Waals surface area (Å²) in [4.78, 5) is 2.12. The SMILES string of the molecule is ClCCCN1CN2C=CC=CC2=N1. The third-order valence-corrected chi connectivity index (χ3v) is 2.29. The van der Waals surface area contributed by atoms with Gasteiger partial charge in [0, 0.05) is 18.6 Å². The topological polar surface area (TPSA) is 18.8 Å². The molecular formula is C9H12ClN3. The van der Waals surface area contributed by atoms with E-state index in [2.05, 4.69) is 10.0 Å². The van der Waals surface area contributed by atoms with E-state index in [0.717, 1.165) is 25.5 Å². The maximum Gasteiger partial charge on any atom is 0.154 e. The van der Waals surface area contributed by atoms with Gasteiger partial charge in [-0.25, -0.2) is 0 Å². The summed E-state index contributed by atoms with van der Waals surface area (Å²) in [5.41, 5.74) is 0. The zero-order valence-corrected chi connectivity index (χ0v) is 8.11. The maximum atomic E-state index is 5.62. The molecule has 0 N–H and O–H groups in total. The zero-order chi connectivity index (χ0) is 9.10. The van der Waals surface area contributed by atoms with Crippen LogP contribution in [0, 0.1) is 0 Å². The van der Waals surface area contributed by atoms with E-state index in [1.54, 1.807) is 0 Å². The number of hydrazone groups is 1. The van der Waals surface area contributed by atoms with Gasteiger partial charge in [-0.15, -0.1) is 11.6 Å². The normalized spacial score (nSPS) is 19.3. The van der Waals surface area contributed by atoms with Gasteiger partial charge in [0.15, 0.2) is 5.84 Å². The summed E-state index contributed by atoms with van der Waals surface area (Å²) < 4.78 is 0. The molecule has 0 spiro atoms. The van der Waals surface area contributed by atoms with E-state index >= 15 is 0 Å². The minimum absolute atomic E-state index is 0.701. The molecule has 0 saturated heterocycles. The molecule has 0 radical (unpaired) electrons. The lowest BCUT2D eigenvalue weighted by atomic mass is 10.3. The number of hydrogen-bond donors (Lipinski definition) is 0. The number of allylic oxidation sites excluding steroid dienone is 2. The summed E-state index contributed by atoms with van der Waals surface area (Å²) in [6, 6.07) is 0. The fourth-order valence-corrected chi connectivity index (χ4v) is 1.51. The van der Waals surface area contributed by atoms with Crippen molar-refractivity contribution in [1.82, 2.24) is 9.91 Å². The Kier molecular flexibility index (Phi) is 2.54. The van der Waals surface area contributed by atoms with Gasteiger partial charge in [-0.2, -0.15) is 5.10 Å². The number of nitrogens with zero attached hydrogens (tertiary/aromatic N) is 3. The third kappa shape index (κ3) is 1.86. The van der Waals surface area contributed by atoms with Crippen molar-refractivity contribution in [2.45, 2.75) is 6.42 Å². The van der Waals surface area contributed by atoms with Gasteiger partial charge >= 0.3 is 0 Å². The summed E-state index contributed by atoms with van der Waals surface area (Å²) in [5.74, 6) is 1.73. The predicted octanol–water partition coefficient (Wildman–Crippen LogP) is 1.59. The van der Waals surface area contributed by atoms with E-state index in [0.29, 0.717) is 5.88 Å². The van der Waals surface area contributed by atoms with Gasteiger partial charge in [0.25, 0.3) is 0 Å². The van der Waals surface area contributed by atoms with Crippen LogP contribution in [0.4, 0.5) is 0 Å². The molecule has 0 bridgehead atoms. The Morgan fingerprint density at radius 1 is 1.46 bits per heavy atom. The smallest absolute Gasteiger partial charge is 0.154 e. The average molecular weight is 198 g/mol. The summed E-state index contributed by atoms with van der Waals surface area (Å²) in [7, 11) is 0. The van der Waals surface area contributed by atoms with Gasteiger partial charge in [0.1, 0.15) is 6.67 Å². The third-order valence-electron chi connectivity index (χ3n) is 2.03. The van der Waals surface area contributed by atoms with E-state index in [1.165, 1.54) is 0 Å². The van der Waals surface area contributed by atoms with Crippen LogP contribution in [-0.4, -0.2) is 34.8 Å². The minimum atomic E-state index is 0.701. The van der Waals surface area contributed by atoms with Crippen LogP contribution in [0.1, 0.15) is 6.42 Å². The van der Waals surface area contributed by atoms with Crippen LogP contribution in [0.25, 0.3) is 0 Å². The molecule has 0 aromatic carbocycles. The van der Waals surface area contributed by atoms with Crippen molar-refractivity contribution in [2.75, 3.05) is 19.1 Å². The molecule has 0 amide bonds. The molecule has 2 aliphatic rings. The van der Waals surface area contributed by atoms with Crippen LogP contribution >= 0.6 is 11.6 Å². The van der Waals surface area contributed by atoms with Gasteiger partial charge in [-0.1, -0.05) is 6.08 Å². The standard InChI is InChI=1S/C9H12ClN3/c10-5-3-7-13-8-12-6-2-1-4-9(12)11-13/h1-2,4,6H,3,5,7-8H2. The largest absolute Gasteiger partial charge is 0.312 e. The number of halogens is 1. The molecule has 13 heavy (non-hydrogen) atoms. The first kappa shape index (κ1) is 8.63. The molecule has 0 aromatic heterocycles. The first-order valence-electron chi connectivity index (χ1n) is 4.41. The Morgan fingerprint density at radius 2 is 2.38 bits per heavy atom. The summed E-state index contributed by atoms with van der Waals surface area (Å²) in [5, 5.41) is 6.47. The second kappa shape index (κ2) is 3.83. The molecule has 3 nitrogen and oxygen atoms in total. The van der Waals surface area contributed by atoms with Crippen molar-refractivity contribution < 1.29 is 0 Å². The highest BCUT2D eigenvalue weighted by molar-refractivity contribution is 6.17. The predicted molar refractivity (Wildman–Crippen MR) is 54.5 cm³/mol. The van der Waals surface area contributed by atoms with Crippen molar-refractivity contribution in [2.24, 2.45) is 5.10 Å². The zero-order valence-electron chi connectivity index (χ0n) is 7.36. The summed E-state index contributed by atoms with van der Waals surface area (Å²) in [6.45, 7) is 1.79. The number of rotatable bonds is 3. The van der Waals surface area contributed by atoms with Crippen LogP contribution in [0.5, 0.6) is 0 Å². The van der Waals surface area contributed by atoms with Gasteiger partial charge in [-0.05, 0) is 18.6 Å². The Hall–Kier alpha value is -0.960. The Balaban J connectivity index is 1.95. The molecular weight excluding hydrogens is 186 g/mol. The lowest BCUT2D eigenvalue weighted by Crippen LogP contribution is -2.26. The van der Waals surface area contributed by atoms with Crippen LogP contribution in [0.2, 0.25) is 0 Å². The highest BCUT2D eigenvalue weighted by atomic mass is 35.5. The molecule has 2 aliphatic heterocycles. The molecule has 70 valence electrons. The van der Waals surface area contributed by atoms with E-state index in [4.69, 9.17) is 11.6 Å².